The normalized spacial score (nSPS) is 16.4. The Bertz CT molecular complexity index is 212. The van der Waals surface area contributed by atoms with E-state index in [4.69, 9.17) is 5.73 Å². The van der Waals surface area contributed by atoms with Crippen molar-refractivity contribution in [2.24, 2.45) is 5.73 Å². The minimum atomic E-state index is -0.385. The minimum Gasteiger partial charge on any atom is -0.370 e. The van der Waals surface area contributed by atoms with E-state index in [1.807, 2.05) is 0 Å². The number of piperidine rings is 1. The summed E-state index contributed by atoms with van der Waals surface area (Å²) in [4.78, 5) is 23.6. The van der Waals surface area contributed by atoms with Gasteiger partial charge in [0, 0.05) is 26.1 Å². The third-order valence-corrected chi connectivity index (χ3v) is 2.29. The molecule has 1 aliphatic rings. The highest BCUT2D eigenvalue weighted by Crippen LogP contribution is 2.08. The van der Waals surface area contributed by atoms with Crippen LogP contribution in [0.3, 0.4) is 0 Å². The highest BCUT2D eigenvalue weighted by Gasteiger charge is 2.15. The number of hydrogen-bond acceptors (Lipinski definition) is 2. The summed E-state index contributed by atoms with van der Waals surface area (Å²) >= 11 is 0. The van der Waals surface area contributed by atoms with Crippen LogP contribution in [0.2, 0.25) is 0 Å². The second-order valence-corrected chi connectivity index (χ2v) is 3.50. The lowest BCUT2D eigenvalue weighted by atomic mass is 10.1. The van der Waals surface area contributed by atoms with E-state index in [9.17, 15) is 9.59 Å². The molecule has 0 unspecified atom stereocenters. The van der Waals surface area contributed by atoms with E-state index >= 15 is 0 Å². The average Bonchev–Trinajstić information content (AvgIpc) is 2.18. The molecule has 3 N–H and O–H groups in total. The molecule has 0 aromatic carbocycles. The fraction of sp³-hybridized carbons (Fsp3) is 0.778. The van der Waals surface area contributed by atoms with Gasteiger partial charge in [0.1, 0.15) is 0 Å². The quantitative estimate of drug-likeness (QED) is 0.674. The van der Waals surface area contributed by atoms with Gasteiger partial charge in [0.25, 0.3) is 0 Å². The number of likely N-dealkylation sites (tertiary alicyclic amines) is 1. The lowest BCUT2D eigenvalue weighted by Crippen LogP contribution is -2.43. The molecule has 1 heterocycles. The van der Waals surface area contributed by atoms with E-state index in [1.165, 1.54) is 6.42 Å². The standard InChI is InChI=1S/C9H17N3O2/c10-8(13)4-5-11-9(14)12-6-2-1-3-7-12/h1-7H2,(H2,10,13)(H,11,14). The molecule has 80 valence electrons. The summed E-state index contributed by atoms with van der Waals surface area (Å²) in [6.45, 7) is 1.98. The largest absolute Gasteiger partial charge is 0.370 e. The molecule has 1 rings (SSSR count). The van der Waals surface area contributed by atoms with E-state index in [1.54, 1.807) is 4.90 Å². The summed E-state index contributed by atoms with van der Waals surface area (Å²) < 4.78 is 0. The summed E-state index contributed by atoms with van der Waals surface area (Å²) in [6.07, 6.45) is 3.55. The number of primary amides is 1. The Balaban J connectivity index is 2.16. The van der Waals surface area contributed by atoms with Crippen molar-refractivity contribution in [1.82, 2.24) is 10.2 Å². The molecule has 5 heteroatoms. The van der Waals surface area contributed by atoms with E-state index in [-0.39, 0.29) is 18.4 Å². The molecule has 0 aromatic rings. The fourth-order valence-electron chi connectivity index (χ4n) is 1.50. The van der Waals surface area contributed by atoms with Crippen LogP contribution in [0.15, 0.2) is 0 Å². The summed E-state index contributed by atoms with van der Waals surface area (Å²) in [5.74, 6) is -0.385. The zero-order valence-corrected chi connectivity index (χ0v) is 8.29. The third kappa shape index (κ3) is 3.64. The van der Waals surface area contributed by atoms with Crippen molar-refractivity contribution in [3.63, 3.8) is 0 Å². The molecule has 0 bridgehead atoms. The second-order valence-electron chi connectivity index (χ2n) is 3.50. The highest BCUT2D eigenvalue weighted by atomic mass is 16.2. The van der Waals surface area contributed by atoms with Crippen LogP contribution >= 0.6 is 0 Å². The molecule has 14 heavy (non-hydrogen) atoms. The predicted molar refractivity (Wildman–Crippen MR) is 52.6 cm³/mol. The Morgan fingerprint density at radius 2 is 1.86 bits per heavy atom. The lowest BCUT2D eigenvalue weighted by molar-refractivity contribution is -0.117. The first-order valence-electron chi connectivity index (χ1n) is 5.01. The minimum absolute atomic E-state index is 0.0778. The van der Waals surface area contributed by atoms with Crippen molar-refractivity contribution in [1.29, 1.82) is 0 Å². The van der Waals surface area contributed by atoms with Crippen LogP contribution in [0.25, 0.3) is 0 Å². The zero-order chi connectivity index (χ0) is 10.4. The summed E-state index contributed by atoms with van der Waals surface area (Å²) in [6, 6.07) is -0.0778. The van der Waals surface area contributed by atoms with Gasteiger partial charge in [-0.05, 0) is 19.3 Å². The van der Waals surface area contributed by atoms with Gasteiger partial charge in [-0.1, -0.05) is 0 Å². The van der Waals surface area contributed by atoms with E-state index < -0.39 is 0 Å². The van der Waals surface area contributed by atoms with E-state index in [0.29, 0.717) is 6.54 Å². The smallest absolute Gasteiger partial charge is 0.317 e. The average molecular weight is 199 g/mol. The molecule has 0 aliphatic carbocycles. The van der Waals surface area contributed by atoms with Crippen LogP contribution < -0.4 is 11.1 Å². The molecule has 1 fully saturated rings. The van der Waals surface area contributed by atoms with Crippen LogP contribution in [0, 0.1) is 0 Å². The van der Waals surface area contributed by atoms with Gasteiger partial charge in [-0.15, -0.1) is 0 Å². The van der Waals surface area contributed by atoms with Crippen molar-refractivity contribution >= 4 is 11.9 Å². The molecule has 5 nitrogen and oxygen atoms in total. The Hall–Kier alpha value is -1.26. The number of hydrogen-bond donors (Lipinski definition) is 2. The van der Waals surface area contributed by atoms with Gasteiger partial charge in [0.15, 0.2) is 0 Å². The first-order valence-corrected chi connectivity index (χ1v) is 5.01. The van der Waals surface area contributed by atoms with Crippen LogP contribution in [0.1, 0.15) is 25.7 Å². The molecule has 1 saturated heterocycles. The van der Waals surface area contributed by atoms with Crippen molar-refractivity contribution in [3.05, 3.63) is 0 Å². The number of nitrogens with one attached hydrogen (secondary N) is 1. The van der Waals surface area contributed by atoms with Gasteiger partial charge >= 0.3 is 6.03 Å². The van der Waals surface area contributed by atoms with Crippen LogP contribution in [0.4, 0.5) is 4.79 Å². The maximum Gasteiger partial charge on any atom is 0.317 e. The molecule has 3 amide bonds. The topological polar surface area (TPSA) is 75.4 Å². The first kappa shape index (κ1) is 10.8. The molecule has 0 aromatic heterocycles. The lowest BCUT2D eigenvalue weighted by Gasteiger charge is -2.26. The molecule has 1 aliphatic heterocycles. The van der Waals surface area contributed by atoms with Crippen molar-refractivity contribution < 1.29 is 9.59 Å². The number of nitrogens with zero attached hydrogens (tertiary/aromatic N) is 1. The Kier molecular flexibility index (Phi) is 4.22. The first-order chi connectivity index (χ1) is 6.70. The van der Waals surface area contributed by atoms with Gasteiger partial charge in [-0.25, -0.2) is 4.79 Å². The maximum absolute atomic E-state index is 11.4. The molecule has 0 saturated carbocycles. The predicted octanol–water partition coefficient (Wildman–Crippen LogP) is 0.0573. The summed E-state index contributed by atoms with van der Waals surface area (Å²) in [5.41, 5.74) is 4.95. The van der Waals surface area contributed by atoms with Crippen molar-refractivity contribution in [3.8, 4) is 0 Å². The second kappa shape index (κ2) is 5.47. The van der Waals surface area contributed by atoms with Gasteiger partial charge in [0.2, 0.25) is 5.91 Å². The highest BCUT2D eigenvalue weighted by molar-refractivity contribution is 5.77. The molecule has 0 spiro atoms. The summed E-state index contributed by atoms with van der Waals surface area (Å²) in [5, 5.41) is 2.67. The Morgan fingerprint density at radius 1 is 1.21 bits per heavy atom. The number of urea groups is 1. The number of amides is 3. The van der Waals surface area contributed by atoms with Crippen molar-refractivity contribution in [2.45, 2.75) is 25.7 Å². The zero-order valence-electron chi connectivity index (χ0n) is 8.29. The van der Waals surface area contributed by atoms with Gasteiger partial charge in [-0.3, -0.25) is 4.79 Å². The molecule has 0 radical (unpaired) electrons. The Morgan fingerprint density at radius 3 is 2.43 bits per heavy atom. The summed E-state index contributed by atoms with van der Waals surface area (Å²) in [7, 11) is 0. The molecular weight excluding hydrogens is 182 g/mol. The number of carbonyl (C=O) groups is 2. The van der Waals surface area contributed by atoms with Crippen LogP contribution in [0.5, 0.6) is 0 Å². The Labute approximate surface area is 83.6 Å². The number of nitrogens with two attached hydrogens (primary N) is 1. The monoisotopic (exact) mass is 199 g/mol. The van der Waals surface area contributed by atoms with Crippen molar-refractivity contribution in [2.75, 3.05) is 19.6 Å². The van der Waals surface area contributed by atoms with Crippen LogP contribution in [-0.4, -0.2) is 36.5 Å². The number of carbonyl (C=O) groups excluding carboxylic acids is 2. The fourth-order valence-corrected chi connectivity index (χ4v) is 1.50. The molecule has 0 atom stereocenters. The van der Waals surface area contributed by atoms with Crippen LogP contribution in [-0.2, 0) is 4.79 Å². The van der Waals surface area contributed by atoms with E-state index in [2.05, 4.69) is 5.32 Å². The number of rotatable bonds is 3. The van der Waals surface area contributed by atoms with Gasteiger partial charge in [0.05, 0.1) is 0 Å². The van der Waals surface area contributed by atoms with Gasteiger partial charge in [-0.2, -0.15) is 0 Å². The van der Waals surface area contributed by atoms with E-state index in [0.717, 1.165) is 25.9 Å². The molecular formula is C9H17N3O2. The van der Waals surface area contributed by atoms with Gasteiger partial charge < -0.3 is 16.0 Å². The SMILES string of the molecule is NC(=O)CCNC(=O)N1CCCCC1. The maximum atomic E-state index is 11.4. The third-order valence-electron chi connectivity index (χ3n) is 2.29.